The fraction of sp³-hybridized carbons (Fsp3) is 0.571. The molecule has 118 valence electrons. The molecule has 1 aromatic carbocycles. The van der Waals surface area contributed by atoms with Crippen LogP contribution in [0.5, 0.6) is 0 Å². The van der Waals surface area contributed by atoms with Crippen LogP contribution in [-0.2, 0) is 16.6 Å². The molecule has 4 nitrogen and oxygen atoms in total. The molecule has 1 fully saturated rings. The second kappa shape index (κ2) is 6.73. The van der Waals surface area contributed by atoms with Crippen LogP contribution in [0, 0.1) is 11.7 Å². The van der Waals surface area contributed by atoms with E-state index in [9.17, 15) is 12.8 Å². The normalized spacial score (nSPS) is 23.2. The summed E-state index contributed by atoms with van der Waals surface area (Å²) in [5, 5.41) is 0. The molecular weight excluding hydrogens is 359 g/mol. The van der Waals surface area contributed by atoms with Crippen LogP contribution in [0.15, 0.2) is 21.5 Å². The van der Waals surface area contributed by atoms with Crippen LogP contribution >= 0.6 is 15.9 Å². The largest absolute Gasteiger partial charge is 0.326 e. The van der Waals surface area contributed by atoms with Gasteiger partial charge in [-0.25, -0.2) is 17.5 Å². The molecule has 2 rings (SSSR count). The highest BCUT2D eigenvalue weighted by molar-refractivity contribution is 9.10. The van der Waals surface area contributed by atoms with Gasteiger partial charge in [-0.2, -0.15) is 0 Å². The quantitative estimate of drug-likeness (QED) is 0.845. The Morgan fingerprint density at radius 3 is 2.52 bits per heavy atom. The fourth-order valence-electron chi connectivity index (χ4n) is 2.62. The van der Waals surface area contributed by atoms with Crippen LogP contribution in [-0.4, -0.2) is 14.5 Å². The Morgan fingerprint density at radius 1 is 1.33 bits per heavy atom. The maximum atomic E-state index is 14.2. The van der Waals surface area contributed by atoms with E-state index in [0.29, 0.717) is 10.4 Å². The molecule has 21 heavy (non-hydrogen) atoms. The number of rotatable bonds is 4. The number of nitrogens with two attached hydrogens (primary N) is 1. The molecule has 0 bridgehead atoms. The van der Waals surface area contributed by atoms with Gasteiger partial charge in [0.15, 0.2) is 0 Å². The summed E-state index contributed by atoms with van der Waals surface area (Å²) in [6.07, 6.45) is 3.56. The summed E-state index contributed by atoms with van der Waals surface area (Å²) in [7, 11) is -3.87. The number of nitrogens with one attached hydrogen (secondary N) is 1. The fourth-order valence-corrected chi connectivity index (χ4v) is 4.73. The lowest BCUT2D eigenvalue weighted by molar-refractivity contribution is 0.332. The first-order valence-corrected chi connectivity index (χ1v) is 9.31. The van der Waals surface area contributed by atoms with Gasteiger partial charge in [0.05, 0.1) is 0 Å². The number of sulfonamides is 1. The number of benzene rings is 1. The zero-order valence-corrected chi connectivity index (χ0v) is 14.3. The second-order valence-corrected chi connectivity index (χ2v) is 8.26. The smallest absolute Gasteiger partial charge is 0.243 e. The highest BCUT2D eigenvalue weighted by Crippen LogP contribution is 2.27. The van der Waals surface area contributed by atoms with E-state index in [4.69, 9.17) is 5.73 Å². The van der Waals surface area contributed by atoms with Crippen molar-refractivity contribution in [2.24, 2.45) is 11.7 Å². The predicted octanol–water partition coefficient (Wildman–Crippen LogP) is 2.90. The number of hydrogen-bond donors (Lipinski definition) is 2. The average Bonchev–Trinajstić information content (AvgIpc) is 2.43. The van der Waals surface area contributed by atoms with E-state index in [1.54, 1.807) is 0 Å². The molecule has 3 N–H and O–H groups in total. The molecule has 0 aliphatic heterocycles. The van der Waals surface area contributed by atoms with Crippen LogP contribution in [0.4, 0.5) is 4.39 Å². The molecule has 0 radical (unpaired) electrons. The molecule has 0 aromatic heterocycles. The third-order valence-corrected chi connectivity index (χ3v) is 5.90. The van der Waals surface area contributed by atoms with E-state index in [-0.39, 0.29) is 23.0 Å². The van der Waals surface area contributed by atoms with Crippen molar-refractivity contribution in [1.82, 2.24) is 4.72 Å². The molecule has 1 aromatic rings. The van der Waals surface area contributed by atoms with Crippen LogP contribution in [0.3, 0.4) is 0 Å². The summed E-state index contributed by atoms with van der Waals surface area (Å²) in [6, 6.07) is 2.66. The third kappa shape index (κ3) is 4.03. The number of halogens is 2. The molecule has 7 heteroatoms. The van der Waals surface area contributed by atoms with E-state index < -0.39 is 15.8 Å². The van der Waals surface area contributed by atoms with Gasteiger partial charge in [-0.15, -0.1) is 0 Å². The van der Waals surface area contributed by atoms with Gasteiger partial charge in [0.25, 0.3) is 0 Å². The Kier molecular flexibility index (Phi) is 5.40. The Hall–Kier alpha value is -0.500. The zero-order chi connectivity index (χ0) is 15.6. The van der Waals surface area contributed by atoms with Gasteiger partial charge >= 0.3 is 0 Å². The lowest BCUT2D eigenvalue weighted by Crippen LogP contribution is -2.37. The molecule has 0 spiro atoms. The first-order chi connectivity index (χ1) is 9.83. The first kappa shape index (κ1) is 16.9. The van der Waals surface area contributed by atoms with Gasteiger partial charge in [-0.05, 0) is 43.7 Å². The Bertz CT molecular complexity index is 614. The minimum Gasteiger partial charge on any atom is -0.326 e. The van der Waals surface area contributed by atoms with E-state index in [1.165, 1.54) is 12.1 Å². The maximum absolute atomic E-state index is 14.2. The zero-order valence-electron chi connectivity index (χ0n) is 11.9. The Morgan fingerprint density at radius 2 is 1.95 bits per heavy atom. The summed E-state index contributed by atoms with van der Waals surface area (Å²) < 4.78 is 42.2. The van der Waals surface area contributed by atoms with Crippen molar-refractivity contribution in [3.63, 3.8) is 0 Å². The van der Waals surface area contributed by atoms with E-state index in [2.05, 4.69) is 27.6 Å². The molecule has 0 unspecified atom stereocenters. The highest BCUT2D eigenvalue weighted by atomic mass is 79.9. The minimum absolute atomic E-state index is 0.0469. The van der Waals surface area contributed by atoms with E-state index in [0.717, 1.165) is 25.7 Å². The van der Waals surface area contributed by atoms with Gasteiger partial charge in [0.1, 0.15) is 10.7 Å². The van der Waals surface area contributed by atoms with Crippen LogP contribution in [0.2, 0.25) is 0 Å². The lowest BCUT2D eigenvalue weighted by Gasteiger charge is -2.26. The van der Waals surface area contributed by atoms with Gasteiger partial charge in [0.2, 0.25) is 10.0 Å². The van der Waals surface area contributed by atoms with Crippen molar-refractivity contribution < 1.29 is 12.8 Å². The summed E-state index contributed by atoms with van der Waals surface area (Å²) in [6.45, 7) is 2.11. The van der Waals surface area contributed by atoms with Gasteiger partial charge in [-0.3, -0.25) is 0 Å². The summed E-state index contributed by atoms with van der Waals surface area (Å²) in [4.78, 5) is -0.337. The summed E-state index contributed by atoms with van der Waals surface area (Å²) in [5.74, 6) is -0.144. The van der Waals surface area contributed by atoms with Crippen molar-refractivity contribution >= 4 is 26.0 Å². The van der Waals surface area contributed by atoms with Crippen molar-refractivity contribution in [2.45, 2.75) is 50.1 Å². The van der Waals surface area contributed by atoms with Gasteiger partial charge < -0.3 is 5.73 Å². The van der Waals surface area contributed by atoms with Crippen molar-refractivity contribution in [3.8, 4) is 0 Å². The Balaban J connectivity index is 2.25. The minimum atomic E-state index is -3.87. The van der Waals surface area contributed by atoms with Crippen molar-refractivity contribution in [2.75, 3.05) is 0 Å². The molecule has 1 aliphatic rings. The van der Waals surface area contributed by atoms with Crippen molar-refractivity contribution in [3.05, 3.63) is 28.0 Å². The molecular formula is C14H20BrFN2O2S. The van der Waals surface area contributed by atoms with Gasteiger partial charge in [0, 0.05) is 22.6 Å². The van der Waals surface area contributed by atoms with Crippen LogP contribution < -0.4 is 10.5 Å². The van der Waals surface area contributed by atoms with Crippen LogP contribution in [0.25, 0.3) is 0 Å². The molecule has 1 aliphatic carbocycles. The lowest BCUT2D eigenvalue weighted by atomic mass is 9.88. The molecule has 0 atom stereocenters. The van der Waals surface area contributed by atoms with Crippen molar-refractivity contribution in [1.29, 1.82) is 0 Å². The predicted molar refractivity (Wildman–Crippen MR) is 83.7 cm³/mol. The van der Waals surface area contributed by atoms with E-state index in [1.807, 2.05) is 0 Å². The monoisotopic (exact) mass is 378 g/mol. The molecule has 1 saturated carbocycles. The highest BCUT2D eigenvalue weighted by Gasteiger charge is 2.27. The molecule has 0 saturated heterocycles. The third-order valence-electron chi connectivity index (χ3n) is 3.93. The maximum Gasteiger partial charge on any atom is 0.243 e. The summed E-state index contributed by atoms with van der Waals surface area (Å²) in [5.41, 5.74) is 5.64. The first-order valence-electron chi connectivity index (χ1n) is 7.04. The SMILES string of the molecule is CC1CCC(NS(=O)(=O)c2cc(Br)cc(CN)c2F)CC1. The molecule has 0 heterocycles. The standard InChI is InChI=1S/C14H20BrFN2O2S/c1-9-2-4-12(5-3-9)18-21(19,20)13-7-11(15)6-10(8-17)14(13)16/h6-7,9,12,18H,2-5,8,17H2,1H3. The topological polar surface area (TPSA) is 72.2 Å². The van der Waals surface area contributed by atoms with E-state index >= 15 is 0 Å². The number of hydrogen-bond acceptors (Lipinski definition) is 3. The summed E-state index contributed by atoms with van der Waals surface area (Å²) >= 11 is 3.20. The van der Waals surface area contributed by atoms with Crippen LogP contribution in [0.1, 0.15) is 38.2 Å². The molecule has 0 amide bonds. The van der Waals surface area contributed by atoms with Gasteiger partial charge in [-0.1, -0.05) is 22.9 Å². The second-order valence-electron chi connectivity index (χ2n) is 5.66. The average molecular weight is 379 g/mol. The Labute approximate surface area is 133 Å².